The Bertz CT molecular complexity index is 488. The average Bonchev–Trinajstić information content (AvgIpc) is 2.82. The van der Waals surface area contributed by atoms with Crippen molar-refractivity contribution in [3.05, 3.63) is 17.8 Å². The SMILES string of the molecule is COc1ccc(C(=O)N2[C@H](C)C[C@@H]3CCCC[C@H]32)nn1. The van der Waals surface area contributed by atoms with Gasteiger partial charge in [-0.15, -0.1) is 10.2 Å². The molecule has 20 heavy (non-hydrogen) atoms. The fourth-order valence-electron chi connectivity index (χ4n) is 3.73. The first-order valence-electron chi connectivity index (χ1n) is 7.41. The first kappa shape index (κ1) is 13.3. The van der Waals surface area contributed by atoms with Crippen molar-refractivity contribution in [2.45, 2.75) is 51.1 Å². The van der Waals surface area contributed by atoms with Crippen LogP contribution in [0.3, 0.4) is 0 Å². The van der Waals surface area contributed by atoms with Crippen molar-refractivity contribution in [1.82, 2.24) is 15.1 Å². The van der Waals surface area contributed by atoms with Crippen molar-refractivity contribution in [1.29, 1.82) is 0 Å². The second kappa shape index (κ2) is 5.38. The molecule has 3 rings (SSSR count). The van der Waals surface area contributed by atoms with Gasteiger partial charge in [-0.2, -0.15) is 0 Å². The van der Waals surface area contributed by atoms with Crippen molar-refractivity contribution in [3.63, 3.8) is 0 Å². The highest BCUT2D eigenvalue weighted by atomic mass is 16.5. The number of amides is 1. The highest BCUT2D eigenvalue weighted by Gasteiger charge is 2.43. The maximum atomic E-state index is 12.7. The van der Waals surface area contributed by atoms with E-state index in [1.54, 1.807) is 19.2 Å². The van der Waals surface area contributed by atoms with Gasteiger partial charge in [0.25, 0.3) is 5.91 Å². The van der Waals surface area contributed by atoms with Gasteiger partial charge in [-0.3, -0.25) is 4.79 Å². The molecule has 1 aromatic rings. The van der Waals surface area contributed by atoms with E-state index in [0.717, 1.165) is 12.8 Å². The van der Waals surface area contributed by atoms with E-state index in [0.29, 0.717) is 29.6 Å². The number of aromatic nitrogens is 2. The molecule has 0 aromatic carbocycles. The van der Waals surface area contributed by atoms with Crippen molar-refractivity contribution in [2.24, 2.45) is 5.92 Å². The highest BCUT2D eigenvalue weighted by molar-refractivity contribution is 5.92. The summed E-state index contributed by atoms with van der Waals surface area (Å²) in [6.45, 7) is 2.15. The largest absolute Gasteiger partial charge is 0.480 e. The van der Waals surface area contributed by atoms with E-state index in [2.05, 4.69) is 17.1 Å². The molecular weight excluding hydrogens is 254 g/mol. The molecule has 2 fully saturated rings. The van der Waals surface area contributed by atoms with Crippen molar-refractivity contribution < 1.29 is 9.53 Å². The third-order valence-electron chi connectivity index (χ3n) is 4.65. The summed E-state index contributed by atoms with van der Waals surface area (Å²) < 4.78 is 4.98. The lowest BCUT2D eigenvalue weighted by atomic mass is 9.85. The normalized spacial score (nSPS) is 29.1. The molecule has 0 bridgehead atoms. The number of fused-ring (bicyclic) bond motifs is 1. The third-order valence-corrected chi connectivity index (χ3v) is 4.65. The number of carbonyl (C=O) groups is 1. The van der Waals surface area contributed by atoms with Gasteiger partial charge < -0.3 is 9.64 Å². The van der Waals surface area contributed by atoms with Crippen LogP contribution in [0.1, 0.15) is 49.5 Å². The van der Waals surface area contributed by atoms with Gasteiger partial charge in [0.2, 0.25) is 5.88 Å². The summed E-state index contributed by atoms with van der Waals surface area (Å²) >= 11 is 0. The Morgan fingerprint density at radius 3 is 2.80 bits per heavy atom. The number of ether oxygens (including phenoxy) is 1. The van der Waals surface area contributed by atoms with E-state index in [9.17, 15) is 4.79 Å². The van der Waals surface area contributed by atoms with Gasteiger partial charge in [-0.1, -0.05) is 12.8 Å². The number of hydrogen-bond acceptors (Lipinski definition) is 4. The topological polar surface area (TPSA) is 55.3 Å². The molecule has 2 heterocycles. The summed E-state index contributed by atoms with van der Waals surface area (Å²) in [5.41, 5.74) is 0.420. The van der Waals surface area contributed by atoms with Crippen LogP contribution in [-0.2, 0) is 0 Å². The molecule has 1 aliphatic heterocycles. The zero-order valence-electron chi connectivity index (χ0n) is 12.1. The monoisotopic (exact) mass is 275 g/mol. The molecule has 1 aliphatic carbocycles. The van der Waals surface area contributed by atoms with Gasteiger partial charge in [0.05, 0.1) is 7.11 Å². The number of carbonyl (C=O) groups excluding carboxylic acids is 1. The molecule has 0 N–H and O–H groups in total. The molecule has 1 saturated carbocycles. The van der Waals surface area contributed by atoms with Crippen LogP contribution in [0, 0.1) is 5.92 Å². The molecule has 0 spiro atoms. The second-order valence-electron chi connectivity index (χ2n) is 5.87. The maximum absolute atomic E-state index is 12.7. The van der Waals surface area contributed by atoms with E-state index in [4.69, 9.17) is 4.74 Å². The summed E-state index contributed by atoms with van der Waals surface area (Å²) in [5.74, 6) is 1.13. The second-order valence-corrected chi connectivity index (χ2v) is 5.87. The average molecular weight is 275 g/mol. The van der Waals surface area contributed by atoms with Crippen LogP contribution in [0.2, 0.25) is 0 Å². The highest BCUT2D eigenvalue weighted by Crippen LogP contribution is 2.40. The number of nitrogens with zero attached hydrogens (tertiary/aromatic N) is 3. The molecular formula is C15H21N3O2. The zero-order chi connectivity index (χ0) is 14.1. The van der Waals surface area contributed by atoms with E-state index < -0.39 is 0 Å². The summed E-state index contributed by atoms with van der Waals surface area (Å²) in [6.07, 6.45) is 6.04. The Kier molecular flexibility index (Phi) is 3.59. The van der Waals surface area contributed by atoms with Crippen LogP contribution in [0.4, 0.5) is 0 Å². The van der Waals surface area contributed by atoms with Gasteiger partial charge in [0.1, 0.15) is 0 Å². The first-order chi connectivity index (χ1) is 9.70. The summed E-state index contributed by atoms with van der Waals surface area (Å²) in [6, 6.07) is 4.10. The molecule has 5 heteroatoms. The third kappa shape index (κ3) is 2.25. The minimum Gasteiger partial charge on any atom is -0.480 e. The number of methoxy groups -OCH3 is 1. The Labute approximate surface area is 119 Å². The van der Waals surface area contributed by atoms with Gasteiger partial charge in [-0.05, 0) is 38.2 Å². The Morgan fingerprint density at radius 1 is 1.30 bits per heavy atom. The predicted molar refractivity (Wildman–Crippen MR) is 74.6 cm³/mol. The number of likely N-dealkylation sites (tertiary alicyclic amines) is 1. The molecule has 1 saturated heterocycles. The van der Waals surface area contributed by atoms with Crippen molar-refractivity contribution in [3.8, 4) is 5.88 Å². The van der Waals surface area contributed by atoms with Crippen LogP contribution >= 0.6 is 0 Å². The molecule has 5 nitrogen and oxygen atoms in total. The molecule has 1 amide bonds. The molecule has 1 aromatic heterocycles. The van der Waals surface area contributed by atoms with Gasteiger partial charge >= 0.3 is 0 Å². The molecule has 3 atom stereocenters. The quantitative estimate of drug-likeness (QED) is 0.831. The van der Waals surface area contributed by atoms with Crippen LogP contribution in [-0.4, -0.2) is 40.2 Å². The maximum Gasteiger partial charge on any atom is 0.274 e. The fourth-order valence-corrected chi connectivity index (χ4v) is 3.73. The summed E-state index contributed by atoms with van der Waals surface area (Å²) in [4.78, 5) is 14.7. The number of rotatable bonds is 2. The predicted octanol–water partition coefficient (Wildman–Crippen LogP) is 2.28. The zero-order valence-corrected chi connectivity index (χ0v) is 12.1. The molecule has 2 aliphatic rings. The van der Waals surface area contributed by atoms with Gasteiger partial charge in [0, 0.05) is 18.2 Å². The Balaban J connectivity index is 1.81. The lowest BCUT2D eigenvalue weighted by Crippen LogP contribution is -2.42. The van der Waals surface area contributed by atoms with Gasteiger partial charge in [-0.25, -0.2) is 0 Å². The summed E-state index contributed by atoms with van der Waals surface area (Å²) in [7, 11) is 1.54. The van der Waals surface area contributed by atoms with Crippen molar-refractivity contribution >= 4 is 5.91 Å². The Morgan fingerprint density at radius 2 is 2.10 bits per heavy atom. The van der Waals surface area contributed by atoms with Gasteiger partial charge in [0.15, 0.2) is 5.69 Å². The first-order valence-corrected chi connectivity index (χ1v) is 7.41. The van der Waals surface area contributed by atoms with Crippen LogP contribution < -0.4 is 4.74 Å². The van der Waals surface area contributed by atoms with E-state index in [-0.39, 0.29) is 5.91 Å². The lowest BCUT2D eigenvalue weighted by Gasteiger charge is -2.32. The van der Waals surface area contributed by atoms with E-state index in [1.165, 1.54) is 19.3 Å². The molecule has 0 radical (unpaired) electrons. The van der Waals surface area contributed by atoms with Crippen LogP contribution in [0.25, 0.3) is 0 Å². The van der Waals surface area contributed by atoms with E-state index in [1.807, 2.05) is 4.90 Å². The van der Waals surface area contributed by atoms with Crippen LogP contribution in [0.15, 0.2) is 12.1 Å². The minimum atomic E-state index is 0.0158. The smallest absolute Gasteiger partial charge is 0.274 e. The molecule has 0 unspecified atom stereocenters. The minimum absolute atomic E-state index is 0.0158. The lowest BCUT2D eigenvalue weighted by molar-refractivity contribution is 0.0626. The standard InChI is InChI=1S/C15H21N3O2/c1-10-9-11-5-3-4-6-13(11)18(10)15(19)12-7-8-14(20-2)17-16-12/h7-8,10-11,13H,3-6,9H2,1-2H3/t10-,11+,13-/m1/s1. The van der Waals surface area contributed by atoms with Crippen LogP contribution in [0.5, 0.6) is 5.88 Å². The number of hydrogen-bond donors (Lipinski definition) is 0. The Hall–Kier alpha value is -1.65. The fraction of sp³-hybridized carbons (Fsp3) is 0.667. The summed E-state index contributed by atoms with van der Waals surface area (Å²) in [5, 5.41) is 7.90. The van der Waals surface area contributed by atoms with E-state index >= 15 is 0 Å². The van der Waals surface area contributed by atoms with Crippen molar-refractivity contribution in [2.75, 3.05) is 7.11 Å². The molecule has 108 valence electrons.